The van der Waals surface area contributed by atoms with Crippen LogP contribution in [0.3, 0.4) is 0 Å². The Kier molecular flexibility index (Phi) is 5.38. The van der Waals surface area contributed by atoms with Crippen molar-refractivity contribution in [1.29, 1.82) is 0 Å². The van der Waals surface area contributed by atoms with E-state index in [9.17, 15) is 27.2 Å². The van der Waals surface area contributed by atoms with Crippen LogP contribution in [-0.2, 0) is 19.4 Å². The molecule has 1 unspecified atom stereocenters. The molecule has 2 aliphatic rings. The van der Waals surface area contributed by atoms with Crippen molar-refractivity contribution in [2.75, 3.05) is 25.1 Å². The fraction of sp³-hybridized carbons (Fsp3) is 0.353. The third-order valence-corrected chi connectivity index (χ3v) is 7.12. The SMILES string of the molecule is CN(C(=O)CN1C(=O)S/C(=C\c2cccc(F)c2)C1=O)C1CCS(=O)(=O)C1. The predicted molar refractivity (Wildman–Crippen MR) is 98.9 cm³/mol. The minimum Gasteiger partial charge on any atom is -0.340 e. The van der Waals surface area contributed by atoms with E-state index in [-0.39, 0.29) is 16.4 Å². The van der Waals surface area contributed by atoms with Gasteiger partial charge in [-0.1, -0.05) is 12.1 Å². The molecule has 3 rings (SSSR count). The standard InChI is InChI=1S/C17H17FN2O5S2/c1-19(13-5-6-27(24,25)10-13)15(21)9-20-16(22)14(26-17(20)23)8-11-3-2-4-12(18)7-11/h2-4,7-8,13H,5-6,9-10H2,1H3/b14-8-. The smallest absolute Gasteiger partial charge is 0.294 e. The summed E-state index contributed by atoms with van der Waals surface area (Å²) in [5, 5.41) is -0.594. The predicted octanol–water partition coefficient (Wildman–Crippen LogP) is 1.51. The van der Waals surface area contributed by atoms with E-state index < -0.39 is 45.3 Å². The number of nitrogens with zero attached hydrogens (tertiary/aromatic N) is 2. The molecular weight excluding hydrogens is 395 g/mol. The van der Waals surface area contributed by atoms with Crippen molar-refractivity contribution in [2.24, 2.45) is 0 Å². The topological polar surface area (TPSA) is 91.8 Å². The van der Waals surface area contributed by atoms with Gasteiger partial charge >= 0.3 is 0 Å². The number of carbonyl (C=O) groups excluding carboxylic acids is 3. The molecule has 7 nitrogen and oxygen atoms in total. The quantitative estimate of drug-likeness (QED) is 0.696. The van der Waals surface area contributed by atoms with Crippen molar-refractivity contribution < 1.29 is 27.2 Å². The van der Waals surface area contributed by atoms with Crippen LogP contribution in [0.15, 0.2) is 29.2 Å². The summed E-state index contributed by atoms with van der Waals surface area (Å²) in [4.78, 5) is 39.2. The van der Waals surface area contributed by atoms with Crippen LogP contribution >= 0.6 is 11.8 Å². The summed E-state index contributed by atoms with van der Waals surface area (Å²) in [5.41, 5.74) is 0.431. The lowest BCUT2D eigenvalue weighted by atomic mass is 10.2. The Labute approximate surface area is 160 Å². The minimum absolute atomic E-state index is 0.0211. The number of thioether (sulfide) groups is 1. The highest BCUT2D eigenvalue weighted by molar-refractivity contribution is 8.18. The van der Waals surface area contributed by atoms with Crippen molar-refractivity contribution in [1.82, 2.24) is 9.80 Å². The maximum absolute atomic E-state index is 13.3. The second-order valence-electron chi connectivity index (χ2n) is 6.38. The highest BCUT2D eigenvalue weighted by atomic mass is 32.2. The van der Waals surface area contributed by atoms with Gasteiger partial charge in [-0.15, -0.1) is 0 Å². The Balaban J connectivity index is 1.69. The third kappa shape index (κ3) is 4.38. The van der Waals surface area contributed by atoms with Crippen LogP contribution in [0.25, 0.3) is 6.08 Å². The van der Waals surface area contributed by atoms with Crippen LogP contribution in [-0.4, -0.2) is 66.4 Å². The fourth-order valence-electron chi connectivity index (χ4n) is 2.92. The summed E-state index contributed by atoms with van der Waals surface area (Å²) in [5.74, 6) is -1.70. The van der Waals surface area contributed by atoms with Gasteiger partial charge in [0.1, 0.15) is 12.4 Å². The summed E-state index contributed by atoms with van der Waals surface area (Å²) in [6.07, 6.45) is 1.73. The number of amides is 3. The van der Waals surface area contributed by atoms with Crippen LogP contribution in [0.1, 0.15) is 12.0 Å². The second kappa shape index (κ2) is 7.43. The molecule has 144 valence electrons. The van der Waals surface area contributed by atoms with Gasteiger partial charge in [0.15, 0.2) is 9.84 Å². The molecule has 0 saturated carbocycles. The van der Waals surface area contributed by atoms with Crippen LogP contribution in [0.5, 0.6) is 0 Å². The lowest BCUT2D eigenvalue weighted by Crippen LogP contribution is -2.45. The number of hydrogen-bond donors (Lipinski definition) is 0. The van der Waals surface area contributed by atoms with Gasteiger partial charge in [-0.25, -0.2) is 12.8 Å². The lowest BCUT2D eigenvalue weighted by molar-refractivity contribution is -0.136. The number of benzene rings is 1. The van der Waals surface area contributed by atoms with Gasteiger partial charge in [0.2, 0.25) is 5.91 Å². The van der Waals surface area contributed by atoms with Crippen LogP contribution in [0, 0.1) is 5.82 Å². The number of sulfone groups is 1. The third-order valence-electron chi connectivity index (χ3n) is 4.46. The number of carbonyl (C=O) groups is 3. The Morgan fingerprint density at radius 3 is 2.78 bits per heavy atom. The summed E-state index contributed by atoms with van der Waals surface area (Å²) >= 11 is 0.678. The Morgan fingerprint density at radius 2 is 2.15 bits per heavy atom. The minimum atomic E-state index is -3.15. The molecule has 2 fully saturated rings. The summed E-state index contributed by atoms with van der Waals surface area (Å²) in [7, 11) is -1.69. The van der Waals surface area contributed by atoms with Crippen molar-refractivity contribution >= 4 is 44.7 Å². The highest BCUT2D eigenvalue weighted by Gasteiger charge is 2.39. The Morgan fingerprint density at radius 1 is 1.41 bits per heavy atom. The molecule has 1 aromatic carbocycles. The fourth-order valence-corrected chi connectivity index (χ4v) is 5.53. The molecule has 2 aliphatic heterocycles. The highest BCUT2D eigenvalue weighted by Crippen LogP contribution is 2.32. The average Bonchev–Trinajstić information content (AvgIpc) is 3.08. The lowest BCUT2D eigenvalue weighted by Gasteiger charge is -2.25. The van der Waals surface area contributed by atoms with Gasteiger partial charge in [-0.2, -0.15) is 0 Å². The first-order chi connectivity index (χ1) is 12.7. The molecule has 1 aromatic rings. The number of imide groups is 1. The van der Waals surface area contributed by atoms with Crippen LogP contribution in [0.4, 0.5) is 9.18 Å². The molecule has 0 spiro atoms. The van der Waals surface area contributed by atoms with E-state index in [0.717, 1.165) is 4.90 Å². The van der Waals surface area contributed by atoms with Gasteiger partial charge in [-0.3, -0.25) is 19.3 Å². The van der Waals surface area contributed by atoms with Gasteiger partial charge in [-0.05, 0) is 42.0 Å². The maximum Gasteiger partial charge on any atom is 0.294 e. The van der Waals surface area contributed by atoms with Crippen molar-refractivity contribution in [2.45, 2.75) is 12.5 Å². The zero-order valence-electron chi connectivity index (χ0n) is 14.4. The Hall–Kier alpha value is -2.20. The van der Waals surface area contributed by atoms with Gasteiger partial charge < -0.3 is 4.90 Å². The summed E-state index contributed by atoms with van der Waals surface area (Å²) < 4.78 is 36.4. The zero-order valence-corrected chi connectivity index (χ0v) is 16.1. The van der Waals surface area contributed by atoms with Crippen molar-refractivity contribution in [3.8, 4) is 0 Å². The molecule has 0 bridgehead atoms. The van der Waals surface area contributed by atoms with E-state index in [2.05, 4.69) is 0 Å². The summed E-state index contributed by atoms with van der Waals surface area (Å²) in [6, 6.07) is 5.12. The normalized spacial score (nSPS) is 23.3. The second-order valence-corrected chi connectivity index (χ2v) is 9.61. The molecule has 27 heavy (non-hydrogen) atoms. The van der Waals surface area contributed by atoms with E-state index in [1.807, 2.05) is 0 Å². The largest absolute Gasteiger partial charge is 0.340 e. The molecule has 0 aliphatic carbocycles. The first-order valence-corrected chi connectivity index (χ1v) is 10.8. The number of rotatable bonds is 4. The average molecular weight is 412 g/mol. The molecule has 10 heteroatoms. The van der Waals surface area contributed by atoms with E-state index >= 15 is 0 Å². The van der Waals surface area contributed by atoms with Gasteiger partial charge in [0.05, 0.1) is 16.4 Å². The molecule has 0 aromatic heterocycles. The molecular formula is C17H17FN2O5S2. The zero-order chi connectivity index (χ0) is 19.8. The first-order valence-electron chi connectivity index (χ1n) is 8.13. The first kappa shape index (κ1) is 19.6. The molecule has 0 radical (unpaired) electrons. The number of halogens is 1. The molecule has 1 atom stereocenters. The van der Waals surface area contributed by atoms with E-state index in [1.165, 1.54) is 36.2 Å². The molecule has 3 amide bonds. The van der Waals surface area contributed by atoms with Crippen LogP contribution in [0.2, 0.25) is 0 Å². The van der Waals surface area contributed by atoms with Crippen molar-refractivity contribution in [3.05, 3.63) is 40.6 Å². The maximum atomic E-state index is 13.3. The molecule has 0 N–H and O–H groups in total. The molecule has 2 heterocycles. The summed E-state index contributed by atoms with van der Waals surface area (Å²) in [6.45, 7) is -0.460. The molecule has 2 saturated heterocycles. The van der Waals surface area contributed by atoms with Crippen molar-refractivity contribution in [3.63, 3.8) is 0 Å². The number of hydrogen-bond acceptors (Lipinski definition) is 6. The van der Waals surface area contributed by atoms with Crippen LogP contribution < -0.4 is 0 Å². The van der Waals surface area contributed by atoms with Gasteiger partial charge in [0.25, 0.3) is 11.1 Å². The Bertz CT molecular complexity index is 944. The van der Waals surface area contributed by atoms with E-state index in [0.29, 0.717) is 23.7 Å². The monoisotopic (exact) mass is 412 g/mol. The van der Waals surface area contributed by atoms with Gasteiger partial charge in [0, 0.05) is 13.1 Å². The number of likely N-dealkylation sites (N-methyl/N-ethyl adjacent to an activating group) is 1. The van der Waals surface area contributed by atoms with E-state index in [1.54, 1.807) is 6.07 Å². The van der Waals surface area contributed by atoms with E-state index in [4.69, 9.17) is 0 Å².